The number of thiophene rings is 1. The smallest absolute Gasteiger partial charge is 0.261 e. The first-order valence-electron chi connectivity index (χ1n) is 8.00. The molecule has 8 heteroatoms. The van der Waals surface area contributed by atoms with E-state index >= 15 is 0 Å². The van der Waals surface area contributed by atoms with E-state index < -0.39 is 0 Å². The normalized spacial score (nSPS) is 14.0. The molecule has 2 N–H and O–H groups in total. The van der Waals surface area contributed by atoms with Gasteiger partial charge < -0.3 is 15.5 Å². The molecule has 1 aliphatic heterocycles. The van der Waals surface area contributed by atoms with Gasteiger partial charge in [-0.2, -0.15) is 4.98 Å². The van der Waals surface area contributed by atoms with Gasteiger partial charge in [0.05, 0.1) is 9.21 Å². The molecule has 0 radical (unpaired) electrons. The molecule has 1 aliphatic rings. The van der Waals surface area contributed by atoms with Crippen LogP contribution in [0.3, 0.4) is 0 Å². The minimum Gasteiger partial charge on any atom is -0.356 e. The number of anilines is 2. The molecule has 1 fully saturated rings. The first kappa shape index (κ1) is 17.0. The van der Waals surface area contributed by atoms with Crippen molar-refractivity contribution >= 4 is 40.6 Å². The Morgan fingerprint density at radius 3 is 2.79 bits per heavy atom. The van der Waals surface area contributed by atoms with Crippen LogP contribution >= 0.6 is 22.9 Å². The monoisotopic (exact) mass is 365 g/mol. The molecule has 0 aliphatic carbocycles. The van der Waals surface area contributed by atoms with Crippen LogP contribution in [0.4, 0.5) is 11.8 Å². The standard InChI is InChI=1S/C16H20ClN5OS/c1-11-10-14(22-8-2-3-9-22)21-16(20-11)19-7-6-18-15(23)12-4-5-13(17)24-12/h4-5,10H,2-3,6-9H2,1H3,(H,18,23)(H,19,20,21). The van der Waals surface area contributed by atoms with Crippen molar-refractivity contribution in [3.05, 3.63) is 33.1 Å². The number of aromatic nitrogens is 2. The van der Waals surface area contributed by atoms with E-state index in [1.807, 2.05) is 13.0 Å². The van der Waals surface area contributed by atoms with Gasteiger partial charge in [-0.15, -0.1) is 11.3 Å². The van der Waals surface area contributed by atoms with Crippen LogP contribution in [0, 0.1) is 6.92 Å². The van der Waals surface area contributed by atoms with Crippen LogP contribution in [-0.4, -0.2) is 42.1 Å². The third-order valence-electron chi connectivity index (χ3n) is 3.76. The Balaban J connectivity index is 1.50. The molecule has 24 heavy (non-hydrogen) atoms. The fourth-order valence-electron chi connectivity index (χ4n) is 2.61. The number of hydrogen-bond acceptors (Lipinski definition) is 6. The van der Waals surface area contributed by atoms with E-state index in [0.717, 1.165) is 24.6 Å². The average Bonchev–Trinajstić information content (AvgIpc) is 3.22. The van der Waals surface area contributed by atoms with Crippen LogP contribution in [-0.2, 0) is 0 Å². The summed E-state index contributed by atoms with van der Waals surface area (Å²) in [5.74, 6) is 1.46. The number of nitrogens with zero attached hydrogens (tertiary/aromatic N) is 3. The van der Waals surface area contributed by atoms with E-state index in [-0.39, 0.29) is 5.91 Å². The molecule has 3 heterocycles. The van der Waals surface area contributed by atoms with Crippen molar-refractivity contribution in [3.63, 3.8) is 0 Å². The summed E-state index contributed by atoms with van der Waals surface area (Å²) in [6.07, 6.45) is 2.43. The highest BCUT2D eigenvalue weighted by Gasteiger charge is 2.15. The lowest BCUT2D eigenvalue weighted by Gasteiger charge is -2.17. The number of amides is 1. The third kappa shape index (κ3) is 4.36. The lowest BCUT2D eigenvalue weighted by molar-refractivity contribution is 0.0959. The highest BCUT2D eigenvalue weighted by atomic mass is 35.5. The zero-order chi connectivity index (χ0) is 16.9. The molecule has 2 aromatic rings. The fraction of sp³-hybridized carbons (Fsp3) is 0.438. The van der Waals surface area contributed by atoms with Gasteiger partial charge in [0.2, 0.25) is 5.95 Å². The summed E-state index contributed by atoms with van der Waals surface area (Å²) in [4.78, 5) is 23.8. The van der Waals surface area contributed by atoms with Gasteiger partial charge in [-0.3, -0.25) is 4.79 Å². The van der Waals surface area contributed by atoms with E-state index in [2.05, 4.69) is 25.5 Å². The van der Waals surface area contributed by atoms with Crippen molar-refractivity contribution < 1.29 is 4.79 Å². The van der Waals surface area contributed by atoms with E-state index in [0.29, 0.717) is 28.3 Å². The van der Waals surface area contributed by atoms with Gasteiger partial charge >= 0.3 is 0 Å². The molecule has 0 aromatic carbocycles. The molecule has 6 nitrogen and oxygen atoms in total. The summed E-state index contributed by atoms with van der Waals surface area (Å²) < 4.78 is 0.612. The molecule has 1 amide bonds. The van der Waals surface area contributed by atoms with Gasteiger partial charge in [-0.1, -0.05) is 11.6 Å². The van der Waals surface area contributed by atoms with Crippen LogP contribution in [0.5, 0.6) is 0 Å². The number of carbonyl (C=O) groups excluding carboxylic acids is 1. The molecular formula is C16H20ClN5OS. The quantitative estimate of drug-likeness (QED) is 0.770. The second-order valence-electron chi connectivity index (χ2n) is 5.67. The molecule has 0 bridgehead atoms. The van der Waals surface area contributed by atoms with Crippen LogP contribution in [0.25, 0.3) is 0 Å². The second kappa shape index (κ2) is 7.81. The average molecular weight is 366 g/mol. The summed E-state index contributed by atoms with van der Waals surface area (Å²) in [6, 6.07) is 5.46. The number of halogens is 1. The molecule has 0 unspecified atom stereocenters. The predicted molar refractivity (Wildman–Crippen MR) is 98.4 cm³/mol. The van der Waals surface area contributed by atoms with E-state index in [4.69, 9.17) is 11.6 Å². The molecule has 2 aromatic heterocycles. The Morgan fingerprint density at radius 1 is 1.29 bits per heavy atom. The summed E-state index contributed by atoms with van der Waals surface area (Å²) in [6.45, 7) is 5.12. The lowest BCUT2D eigenvalue weighted by atomic mass is 10.4. The molecule has 0 atom stereocenters. The second-order valence-corrected chi connectivity index (χ2v) is 7.39. The zero-order valence-electron chi connectivity index (χ0n) is 13.5. The summed E-state index contributed by atoms with van der Waals surface area (Å²) >= 11 is 7.11. The molecule has 0 spiro atoms. The molecule has 3 rings (SSSR count). The van der Waals surface area contributed by atoms with Crippen molar-refractivity contribution in [2.24, 2.45) is 0 Å². The minimum absolute atomic E-state index is 0.114. The molecule has 128 valence electrons. The first-order chi connectivity index (χ1) is 11.6. The van der Waals surface area contributed by atoms with Crippen molar-refractivity contribution in [2.45, 2.75) is 19.8 Å². The summed E-state index contributed by atoms with van der Waals surface area (Å²) in [7, 11) is 0. The topological polar surface area (TPSA) is 70.2 Å². The number of rotatable bonds is 6. The van der Waals surface area contributed by atoms with Crippen LogP contribution in [0.15, 0.2) is 18.2 Å². The van der Waals surface area contributed by atoms with Gasteiger partial charge in [-0.05, 0) is 31.9 Å². The Kier molecular flexibility index (Phi) is 5.52. The van der Waals surface area contributed by atoms with Crippen molar-refractivity contribution in [2.75, 3.05) is 36.4 Å². The first-order valence-corrected chi connectivity index (χ1v) is 9.19. The Labute approximate surface area is 150 Å². The van der Waals surface area contributed by atoms with Gasteiger partial charge in [-0.25, -0.2) is 4.98 Å². The van der Waals surface area contributed by atoms with Gasteiger partial charge in [0.15, 0.2) is 0 Å². The Hall–Kier alpha value is -1.86. The number of carbonyl (C=O) groups is 1. The minimum atomic E-state index is -0.114. The molecule has 0 saturated carbocycles. The maximum Gasteiger partial charge on any atom is 0.261 e. The Bertz CT molecular complexity index is 714. The summed E-state index contributed by atoms with van der Waals surface area (Å²) in [5.41, 5.74) is 0.937. The van der Waals surface area contributed by atoms with E-state index in [1.165, 1.54) is 24.2 Å². The largest absolute Gasteiger partial charge is 0.356 e. The van der Waals surface area contributed by atoms with E-state index in [1.54, 1.807) is 12.1 Å². The molecule has 1 saturated heterocycles. The van der Waals surface area contributed by atoms with Gasteiger partial charge in [0.1, 0.15) is 5.82 Å². The Morgan fingerprint density at radius 2 is 2.08 bits per heavy atom. The van der Waals surface area contributed by atoms with Gasteiger partial charge in [0, 0.05) is 37.9 Å². The zero-order valence-corrected chi connectivity index (χ0v) is 15.1. The SMILES string of the molecule is Cc1cc(N2CCCC2)nc(NCCNC(=O)c2ccc(Cl)s2)n1. The number of hydrogen-bond donors (Lipinski definition) is 2. The maximum absolute atomic E-state index is 11.9. The van der Waals surface area contributed by atoms with E-state index in [9.17, 15) is 4.79 Å². The van der Waals surface area contributed by atoms with Crippen LogP contribution < -0.4 is 15.5 Å². The number of aryl methyl sites for hydroxylation is 1. The maximum atomic E-state index is 11.9. The van der Waals surface area contributed by atoms with Crippen LogP contribution in [0.2, 0.25) is 4.34 Å². The van der Waals surface area contributed by atoms with Gasteiger partial charge in [0.25, 0.3) is 5.91 Å². The third-order valence-corrected chi connectivity index (χ3v) is 4.99. The van der Waals surface area contributed by atoms with Crippen molar-refractivity contribution in [1.82, 2.24) is 15.3 Å². The van der Waals surface area contributed by atoms with Crippen molar-refractivity contribution in [3.8, 4) is 0 Å². The van der Waals surface area contributed by atoms with Crippen molar-refractivity contribution in [1.29, 1.82) is 0 Å². The highest BCUT2D eigenvalue weighted by Crippen LogP contribution is 2.21. The lowest BCUT2D eigenvalue weighted by Crippen LogP contribution is -2.28. The summed E-state index contributed by atoms with van der Waals surface area (Å²) in [5, 5.41) is 6.03. The fourth-order valence-corrected chi connectivity index (χ4v) is 3.57. The number of nitrogens with one attached hydrogen (secondary N) is 2. The van der Waals surface area contributed by atoms with Crippen LogP contribution in [0.1, 0.15) is 28.2 Å². The molecular weight excluding hydrogens is 346 g/mol. The highest BCUT2D eigenvalue weighted by molar-refractivity contribution is 7.17. The predicted octanol–water partition coefficient (Wildman–Crippen LogP) is 2.94.